The van der Waals surface area contributed by atoms with Gasteiger partial charge in [-0.05, 0) is 23.9 Å². The molecule has 1 aromatic heterocycles. The van der Waals surface area contributed by atoms with Crippen LogP contribution in [0, 0.1) is 6.92 Å². The minimum absolute atomic E-state index is 0.287. The lowest BCUT2D eigenvalue weighted by atomic mass is 10.0. The molecule has 86 valence electrons. The topological polar surface area (TPSA) is 72.7 Å². The number of aliphatic hydroxyl groups excluding tert-OH is 3. The fraction of sp³-hybridized carbons (Fsp3) is 0.600. The molecule has 0 unspecified atom stereocenters. The molecule has 0 fully saturated rings. The Labute approximate surface area is 93.2 Å². The highest BCUT2D eigenvalue weighted by atomic mass is 32.1. The van der Waals surface area contributed by atoms with Crippen molar-refractivity contribution in [1.29, 1.82) is 0 Å². The summed E-state index contributed by atoms with van der Waals surface area (Å²) in [6.07, 6.45) is 0. The zero-order valence-electron chi connectivity index (χ0n) is 8.73. The molecule has 15 heavy (non-hydrogen) atoms. The Hall–Kier alpha value is -0.460. The molecule has 5 heteroatoms. The number of hydrogen-bond donors (Lipinski definition) is 4. The van der Waals surface area contributed by atoms with Gasteiger partial charge in [0.15, 0.2) is 0 Å². The minimum Gasteiger partial charge on any atom is -0.394 e. The Morgan fingerprint density at radius 2 is 1.87 bits per heavy atom. The fourth-order valence-corrected chi connectivity index (χ4v) is 2.02. The first-order valence-electron chi connectivity index (χ1n) is 4.78. The highest BCUT2D eigenvalue weighted by Crippen LogP contribution is 2.16. The maximum atomic E-state index is 9.10. The van der Waals surface area contributed by atoms with E-state index in [2.05, 4.69) is 5.32 Å². The van der Waals surface area contributed by atoms with E-state index in [1.807, 2.05) is 18.4 Å². The van der Waals surface area contributed by atoms with Crippen molar-refractivity contribution in [2.24, 2.45) is 0 Å². The van der Waals surface area contributed by atoms with E-state index in [1.54, 1.807) is 11.3 Å². The summed E-state index contributed by atoms with van der Waals surface area (Å²) in [4.78, 5) is 1.15. The van der Waals surface area contributed by atoms with Crippen molar-refractivity contribution in [3.05, 3.63) is 21.9 Å². The summed E-state index contributed by atoms with van der Waals surface area (Å²) in [5.41, 5.74) is 0.186. The molecule has 0 saturated carbocycles. The second kappa shape index (κ2) is 5.58. The second-order valence-electron chi connectivity index (χ2n) is 3.64. The van der Waals surface area contributed by atoms with E-state index in [-0.39, 0.29) is 19.8 Å². The summed E-state index contributed by atoms with van der Waals surface area (Å²) in [6, 6.07) is 2.01. The normalized spacial score (nSPS) is 12.0. The maximum Gasteiger partial charge on any atom is 0.0884 e. The zero-order chi connectivity index (χ0) is 11.3. The minimum atomic E-state index is -0.990. The highest BCUT2D eigenvalue weighted by Gasteiger charge is 2.27. The molecular formula is C10H17NO3S. The molecule has 0 saturated heterocycles. The molecule has 1 aromatic rings. The van der Waals surface area contributed by atoms with Crippen molar-refractivity contribution in [1.82, 2.24) is 5.32 Å². The zero-order valence-corrected chi connectivity index (χ0v) is 9.55. The van der Waals surface area contributed by atoms with Crippen LogP contribution in [-0.4, -0.2) is 40.7 Å². The molecule has 0 aliphatic rings. The van der Waals surface area contributed by atoms with Crippen LogP contribution in [0.3, 0.4) is 0 Å². The summed E-state index contributed by atoms with van der Waals surface area (Å²) < 4.78 is 0. The van der Waals surface area contributed by atoms with E-state index < -0.39 is 5.54 Å². The van der Waals surface area contributed by atoms with Crippen LogP contribution < -0.4 is 5.32 Å². The van der Waals surface area contributed by atoms with Crippen molar-refractivity contribution in [3.63, 3.8) is 0 Å². The average Bonchev–Trinajstić information content (AvgIpc) is 2.67. The molecule has 0 bridgehead atoms. The van der Waals surface area contributed by atoms with Gasteiger partial charge in [-0.2, -0.15) is 0 Å². The second-order valence-corrected chi connectivity index (χ2v) is 4.64. The molecule has 0 amide bonds. The average molecular weight is 231 g/mol. The predicted molar refractivity (Wildman–Crippen MR) is 59.9 cm³/mol. The van der Waals surface area contributed by atoms with Gasteiger partial charge in [0.05, 0.1) is 25.4 Å². The van der Waals surface area contributed by atoms with Crippen LogP contribution in [-0.2, 0) is 6.54 Å². The Balaban J connectivity index is 2.58. The summed E-state index contributed by atoms with van der Waals surface area (Å²) in [6.45, 7) is 1.69. The molecule has 0 atom stereocenters. The molecule has 1 heterocycles. The monoisotopic (exact) mass is 231 g/mol. The SMILES string of the molecule is Cc1ccsc1CNC(CO)(CO)CO. The van der Waals surface area contributed by atoms with E-state index in [0.717, 1.165) is 4.88 Å². The quantitative estimate of drug-likeness (QED) is 0.550. The molecule has 4 nitrogen and oxygen atoms in total. The number of rotatable bonds is 6. The van der Waals surface area contributed by atoms with Crippen LogP contribution in [0.1, 0.15) is 10.4 Å². The lowest BCUT2D eigenvalue weighted by molar-refractivity contribution is 0.0415. The molecule has 0 radical (unpaired) electrons. The van der Waals surface area contributed by atoms with Crippen LogP contribution in [0.15, 0.2) is 11.4 Å². The van der Waals surface area contributed by atoms with Gasteiger partial charge >= 0.3 is 0 Å². The predicted octanol–water partition coefficient (Wildman–Crippen LogP) is -0.138. The number of thiophene rings is 1. The number of aryl methyl sites for hydroxylation is 1. The van der Waals surface area contributed by atoms with Crippen molar-refractivity contribution in [3.8, 4) is 0 Å². The van der Waals surface area contributed by atoms with E-state index in [1.165, 1.54) is 5.56 Å². The largest absolute Gasteiger partial charge is 0.394 e. The van der Waals surface area contributed by atoms with E-state index >= 15 is 0 Å². The van der Waals surface area contributed by atoms with Crippen molar-refractivity contribution < 1.29 is 15.3 Å². The van der Waals surface area contributed by atoms with Gasteiger partial charge in [-0.25, -0.2) is 0 Å². The Bertz CT molecular complexity index is 288. The standard InChI is InChI=1S/C10H17NO3S/c1-8-2-3-15-9(8)4-11-10(5-12,6-13)7-14/h2-3,11-14H,4-7H2,1H3. The number of hydrogen-bond acceptors (Lipinski definition) is 5. The molecule has 0 aliphatic heterocycles. The highest BCUT2D eigenvalue weighted by molar-refractivity contribution is 7.10. The first-order chi connectivity index (χ1) is 7.17. The molecular weight excluding hydrogens is 214 g/mol. The first kappa shape index (κ1) is 12.6. The molecule has 0 aliphatic carbocycles. The summed E-state index contributed by atoms with van der Waals surface area (Å²) in [5.74, 6) is 0. The van der Waals surface area contributed by atoms with E-state index in [0.29, 0.717) is 6.54 Å². The molecule has 4 N–H and O–H groups in total. The Kier molecular flexibility index (Phi) is 4.69. The Morgan fingerprint density at radius 1 is 1.27 bits per heavy atom. The van der Waals surface area contributed by atoms with Crippen molar-refractivity contribution >= 4 is 11.3 Å². The van der Waals surface area contributed by atoms with Gasteiger partial charge < -0.3 is 20.6 Å². The lowest BCUT2D eigenvalue weighted by Gasteiger charge is -2.28. The van der Waals surface area contributed by atoms with Gasteiger partial charge in [0.1, 0.15) is 0 Å². The van der Waals surface area contributed by atoms with Crippen LogP contribution in [0.4, 0.5) is 0 Å². The van der Waals surface area contributed by atoms with E-state index in [4.69, 9.17) is 15.3 Å². The third-order valence-electron chi connectivity index (χ3n) is 2.50. The molecule has 0 aromatic carbocycles. The van der Waals surface area contributed by atoms with Crippen LogP contribution in [0.25, 0.3) is 0 Å². The first-order valence-corrected chi connectivity index (χ1v) is 5.66. The van der Waals surface area contributed by atoms with Gasteiger partial charge in [0.25, 0.3) is 0 Å². The molecule has 1 rings (SSSR count). The number of aliphatic hydroxyl groups is 3. The van der Waals surface area contributed by atoms with Gasteiger partial charge in [-0.15, -0.1) is 11.3 Å². The van der Waals surface area contributed by atoms with Gasteiger partial charge in [-0.3, -0.25) is 0 Å². The van der Waals surface area contributed by atoms with Crippen molar-refractivity contribution in [2.75, 3.05) is 19.8 Å². The molecule has 0 spiro atoms. The van der Waals surface area contributed by atoms with Crippen LogP contribution in [0.2, 0.25) is 0 Å². The third-order valence-corrected chi connectivity index (χ3v) is 3.52. The fourth-order valence-electron chi connectivity index (χ4n) is 1.17. The maximum absolute atomic E-state index is 9.10. The Morgan fingerprint density at radius 3 is 2.27 bits per heavy atom. The summed E-state index contributed by atoms with van der Waals surface area (Å²) in [7, 11) is 0. The summed E-state index contributed by atoms with van der Waals surface area (Å²) >= 11 is 1.61. The van der Waals surface area contributed by atoms with Crippen LogP contribution >= 0.6 is 11.3 Å². The van der Waals surface area contributed by atoms with E-state index in [9.17, 15) is 0 Å². The lowest BCUT2D eigenvalue weighted by Crippen LogP contribution is -2.54. The summed E-state index contributed by atoms with van der Waals surface area (Å²) in [5, 5.41) is 32.3. The van der Waals surface area contributed by atoms with Gasteiger partial charge in [0.2, 0.25) is 0 Å². The van der Waals surface area contributed by atoms with Crippen LogP contribution in [0.5, 0.6) is 0 Å². The van der Waals surface area contributed by atoms with Crippen molar-refractivity contribution in [2.45, 2.75) is 19.0 Å². The smallest absolute Gasteiger partial charge is 0.0884 e. The number of nitrogens with one attached hydrogen (secondary N) is 1. The third kappa shape index (κ3) is 2.99. The van der Waals surface area contributed by atoms with Gasteiger partial charge in [0, 0.05) is 11.4 Å². The van der Waals surface area contributed by atoms with Gasteiger partial charge in [-0.1, -0.05) is 0 Å².